The van der Waals surface area contributed by atoms with Crippen LogP contribution in [0.5, 0.6) is 11.5 Å². The molecule has 174 valence electrons. The molecule has 0 bridgehead atoms. The summed E-state index contributed by atoms with van der Waals surface area (Å²) in [6, 6.07) is 15.3. The normalized spacial score (nSPS) is 17.7. The van der Waals surface area contributed by atoms with Crippen molar-refractivity contribution in [2.24, 2.45) is 0 Å². The van der Waals surface area contributed by atoms with Crippen LogP contribution in [-0.2, 0) is 20.0 Å². The molecule has 0 amide bonds. The molecule has 0 atom stereocenters. The molecule has 2 aromatic carbocycles. The van der Waals surface area contributed by atoms with Gasteiger partial charge in [0.2, 0.25) is 0 Å². The third kappa shape index (κ3) is 6.10. The molecule has 0 spiro atoms. The predicted molar refractivity (Wildman–Crippen MR) is 131 cm³/mol. The number of ether oxygens (including phenoxy) is 2. The van der Waals surface area contributed by atoms with Gasteiger partial charge in [0.15, 0.2) is 0 Å². The number of rotatable bonds is 6. The van der Waals surface area contributed by atoms with Crippen molar-refractivity contribution in [2.45, 2.75) is 75.5 Å². The summed E-state index contributed by atoms with van der Waals surface area (Å²) in [7, 11) is 7.94. The van der Waals surface area contributed by atoms with Gasteiger partial charge in [-0.1, -0.05) is 76.8 Å². The molecular weight excluding hydrogens is 608 g/mol. The fraction of sp³-hybridized carbons (Fsp3) is 0.538. The Balaban J connectivity index is 0.00000132. The molecule has 4 rings (SSSR count). The van der Waals surface area contributed by atoms with E-state index in [-0.39, 0.29) is 7.92 Å². The number of hydrogen-bond donors (Lipinski definition) is 0. The van der Waals surface area contributed by atoms with Crippen molar-refractivity contribution in [3.05, 3.63) is 42.5 Å². The van der Waals surface area contributed by atoms with Gasteiger partial charge in [-0.05, 0) is 60.0 Å². The van der Waals surface area contributed by atoms with Crippen LogP contribution in [0.4, 0.5) is 0 Å². The first-order chi connectivity index (χ1) is 15.3. The molecule has 2 aliphatic carbocycles. The van der Waals surface area contributed by atoms with E-state index in [1.165, 1.54) is 69.8 Å². The summed E-state index contributed by atoms with van der Waals surface area (Å²) < 4.78 is 11.6. The Morgan fingerprint density at radius 2 is 1.19 bits per heavy atom. The molecule has 0 unspecified atom stereocenters. The molecule has 0 heterocycles. The Labute approximate surface area is 205 Å². The zero-order chi connectivity index (χ0) is 22.1. The standard InChI is InChI=1S/C26H35O2P.Au.ClH/c1-27-23-17-11-18-24(28-2)26(23)22-16-9-10-19-25(22)29(20-12-5-3-6-13-20)21-14-7-4-8-15-21;;/h9-11,16-21H,3-8,12-15H2,1-2H3;;1H/q;+1;/p-1. The second-order valence-corrected chi connectivity index (χ2v) is 11.3. The summed E-state index contributed by atoms with van der Waals surface area (Å²) in [6.45, 7) is 0. The van der Waals surface area contributed by atoms with Gasteiger partial charge < -0.3 is 9.47 Å². The van der Waals surface area contributed by atoms with Gasteiger partial charge in [0.25, 0.3) is 0 Å². The van der Waals surface area contributed by atoms with Crippen LogP contribution in [0.15, 0.2) is 42.5 Å². The van der Waals surface area contributed by atoms with Crippen molar-refractivity contribution >= 4 is 22.4 Å². The quantitative estimate of drug-likeness (QED) is 0.236. The number of methoxy groups -OCH3 is 2. The molecular formula is C26H35AuClO2P. The van der Waals surface area contributed by atoms with Gasteiger partial charge in [-0.15, -0.1) is 0 Å². The topological polar surface area (TPSA) is 18.5 Å². The molecule has 2 saturated carbocycles. The van der Waals surface area contributed by atoms with Crippen molar-refractivity contribution in [2.75, 3.05) is 14.2 Å². The van der Waals surface area contributed by atoms with E-state index in [4.69, 9.17) is 9.47 Å². The molecule has 2 nitrogen and oxygen atoms in total. The van der Waals surface area contributed by atoms with Crippen LogP contribution in [0.3, 0.4) is 0 Å². The van der Waals surface area contributed by atoms with E-state index in [1.807, 2.05) is 6.07 Å². The fourth-order valence-electron chi connectivity index (χ4n) is 5.44. The van der Waals surface area contributed by atoms with Crippen molar-refractivity contribution in [3.8, 4) is 22.6 Å². The van der Waals surface area contributed by atoms with Crippen LogP contribution in [0, 0.1) is 0 Å². The van der Waals surface area contributed by atoms with Crippen LogP contribution in [0.25, 0.3) is 11.1 Å². The average molecular weight is 643 g/mol. The Morgan fingerprint density at radius 1 is 0.710 bits per heavy atom. The molecule has 5 heteroatoms. The van der Waals surface area contributed by atoms with E-state index in [0.717, 1.165) is 28.4 Å². The molecule has 0 aliphatic heterocycles. The number of hydrogen-bond acceptors (Lipinski definition) is 2. The summed E-state index contributed by atoms with van der Waals surface area (Å²) in [6.07, 6.45) is 14.2. The zero-order valence-corrected chi connectivity index (χ0v) is 22.5. The van der Waals surface area contributed by atoms with Crippen molar-refractivity contribution < 1.29 is 29.5 Å². The van der Waals surface area contributed by atoms with Crippen molar-refractivity contribution in [1.82, 2.24) is 0 Å². The molecule has 0 saturated heterocycles. The van der Waals surface area contributed by atoms with Gasteiger partial charge in [0, 0.05) is 0 Å². The van der Waals surface area contributed by atoms with Gasteiger partial charge >= 0.3 is 29.2 Å². The van der Waals surface area contributed by atoms with E-state index in [9.17, 15) is 0 Å². The molecule has 0 aromatic heterocycles. The predicted octanol–water partition coefficient (Wildman–Crippen LogP) is 7.83. The first kappa shape index (κ1) is 25.1. The Morgan fingerprint density at radius 3 is 1.68 bits per heavy atom. The Bertz CT molecular complexity index is 763. The average Bonchev–Trinajstić information content (AvgIpc) is 2.86. The van der Waals surface area contributed by atoms with Gasteiger partial charge in [0.05, 0.1) is 19.8 Å². The van der Waals surface area contributed by atoms with E-state index >= 15 is 0 Å². The molecule has 31 heavy (non-hydrogen) atoms. The minimum absolute atomic E-state index is 0.182. The third-order valence-electron chi connectivity index (χ3n) is 6.82. The molecule has 0 N–H and O–H groups in total. The SMILES string of the molecule is COc1cccc(OC)c1-c1ccccc1P(C1CCCCC1)C1CCCCC1.[Cl][Au]. The monoisotopic (exact) mass is 642 g/mol. The van der Waals surface area contributed by atoms with Gasteiger partial charge in [-0.3, -0.25) is 0 Å². The van der Waals surface area contributed by atoms with Gasteiger partial charge in [-0.25, -0.2) is 0 Å². The van der Waals surface area contributed by atoms with Crippen LogP contribution in [-0.4, -0.2) is 25.5 Å². The molecule has 0 radical (unpaired) electrons. The zero-order valence-electron chi connectivity index (χ0n) is 18.7. The minimum atomic E-state index is -0.182. The van der Waals surface area contributed by atoms with Crippen LogP contribution in [0.2, 0.25) is 0 Å². The van der Waals surface area contributed by atoms with E-state index < -0.39 is 0 Å². The Kier molecular flexibility index (Phi) is 10.8. The summed E-state index contributed by atoms with van der Waals surface area (Å²) in [5, 5.41) is 1.59. The van der Waals surface area contributed by atoms with E-state index in [2.05, 4.69) is 45.6 Å². The van der Waals surface area contributed by atoms with Crippen LogP contribution >= 0.6 is 17.1 Å². The number of benzene rings is 2. The van der Waals surface area contributed by atoms with Gasteiger partial charge in [0.1, 0.15) is 11.5 Å². The third-order valence-corrected chi connectivity index (χ3v) is 10.4. The van der Waals surface area contributed by atoms with Crippen molar-refractivity contribution in [3.63, 3.8) is 0 Å². The second-order valence-electron chi connectivity index (χ2n) is 8.55. The molecule has 2 aliphatic rings. The summed E-state index contributed by atoms with van der Waals surface area (Å²) >= 11 is 1.75. The number of halogens is 1. The second kappa shape index (κ2) is 13.3. The first-order valence-corrected chi connectivity index (χ1v) is 15.7. The van der Waals surface area contributed by atoms with E-state index in [0.29, 0.717) is 0 Å². The maximum atomic E-state index is 5.80. The van der Waals surface area contributed by atoms with Crippen LogP contribution < -0.4 is 14.8 Å². The summed E-state index contributed by atoms with van der Waals surface area (Å²) in [5.41, 5.74) is 4.23. The maximum absolute atomic E-state index is 5.80. The Hall–Kier alpha value is -0.500. The summed E-state index contributed by atoms with van der Waals surface area (Å²) in [4.78, 5) is 0. The molecule has 2 aromatic rings. The van der Waals surface area contributed by atoms with Crippen molar-refractivity contribution in [1.29, 1.82) is 0 Å². The molecule has 2 fully saturated rings. The first-order valence-electron chi connectivity index (χ1n) is 11.5. The van der Waals surface area contributed by atoms with Crippen LogP contribution in [0.1, 0.15) is 64.2 Å². The van der Waals surface area contributed by atoms with E-state index in [1.54, 1.807) is 39.5 Å². The van der Waals surface area contributed by atoms with Gasteiger partial charge in [-0.2, -0.15) is 0 Å². The fourth-order valence-corrected chi connectivity index (χ4v) is 9.39. The summed E-state index contributed by atoms with van der Waals surface area (Å²) in [5.74, 6) is 1.83.